The van der Waals surface area contributed by atoms with Crippen LogP contribution in [-0.4, -0.2) is 65.1 Å². The van der Waals surface area contributed by atoms with Crippen molar-refractivity contribution >= 4 is 11.5 Å². The van der Waals surface area contributed by atoms with Crippen molar-refractivity contribution < 1.29 is 19.4 Å². The van der Waals surface area contributed by atoms with E-state index in [9.17, 15) is 9.90 Å². The third-order valence-corrected chi connectivity index (χ3v) is 6.02. The second-order valence-corrected chi connectivity index (χ2v) is 8.43. The standard InChI is InChI=1S/C28H31N3O4/c1-2-34-27(28(32)33)20-21-8-10-24(11-9-21)35-19-18-31-16-14-23(15-17-31)26-13-12-25(29-30-26)22-6-4-3-5-7-22/h3-14,27H,2,15-20H2,1H3,(H,32,33). The molecule has 2 heterocycles. The van der Waals surface area contributed by atoms with E-state index in [1.165, 1.54) is 5.57 Å². The number of carboxylic acid groups (broad SMARTS) is 1. The Labute approximate surface area is 206 Å². The molecule has 0 spiro atoms. The van der Waals surface area contributed by atoms with Crippen molar-refractivity contribution in [2.45, 2.75) is 25.9 Å². The van der Waals surface area contributed by atoms with Gasteiger partial charge in [0.25, 0.3) is 0 Å². The zero-order chi connectivity index (χ0) is 24.5. The lowest BCUT2D eigenvalue weighted by molar-refractivity contribution is -0.149. The number of nitrogens with zero attached hydrogens (tertiary/aromatic N) is 3. The molecule has 1 aromatic heterocycles. The largest absolute Gasteiger partial charge is 0.492 e. The van der Waals surface area contributed by atoms with E-state index >= 15 is 0 Å². The summed E-state index contributed by atoms with van der Waals surface area (Å²) < 4.78 is 11.2. The van der Waals surface area contributed by atoms with Crippen LogP contribution in [0.5, 0.6) is 5.75 Å². The van der Waals surface area contributed by atoms with E-state index in [0.717, 1.165) is 54.3 Å². The molecule has 0 radical (unpaired) electrons. The van der Waals surface area contributed by atoms with Gasteiger partial charge in [0.05, 0.1) is 11.4 Å². The highest BCUT2D eigenvalue weighted by atomic mass is 16.5. The van der Waals surface area contributed by atoms with Crippen LogP contribution in [0, 0.1) is 0 Å². The fourth-order valence-corrected chi connectivity index (χ4v) is 4.06. The SMILES string of the molecule is CCOC(Cc1ccc(OCCN2CC=C(c3ccc(-c4ccccc4)nn3)CC2)cc1)C(=O)O. The summed E-state index contributed by atoms with van der Waals surface area (Å²) in [6, 6.07) is 21.7. The predicted molar refractivity (Wildman–Crippen MR) is 135 cm³/mol. The van der Waals surface area contributed by atoms with E-state index in [-0.39, 0.29) is 0 Å². The van der Waals surface area contributed by atoms with Gasteiger partial charge in [-0.05, 0) is 48.7 Å². The van der Waals surface area contributed by atoms with Gasteiger partial charge in [-0.2, -0.15) is 5.10 Å². The molecule has 1 N–H and O–H groups in total. The van der Waals surface area contributed by atoms with E-state index in [4.69, 9.17) is 9.47 Å². The summed E-state index contributed by atoms with van der Waals surface area (Å²) in [4.78, 5) is 13.6. The van der Waals surface area contributed by atoms with Gasteiger partial charge in [0.1, 0.15) is 12.4 Å². The summed E-state index contributed by atoms with van der Waals surface area (Å²) in [5, 5.41) is 18.1. The van der Waals surface area contributed by atoms with Crippen LogP contribution in [-0.2, 0) is 16.0 Å². The second-order valence-electron chi connectivity index (χ2n) is 8.43. The Bertz CT molecular complexity index is 1120. The van der Waals surface area contributed by atoms with E-state index in [0.29, 0.717) is 19.6 Å². The number of benzene rings is 2. The monoisotopic (exact) mass is 473 g/mol. The normalized spacial score (nSPS) is 14.8. The van der Waals surface area contributed by atoms with Crippen molar-refractivity contribution in [2.75, 3.05) is 32.8 Å². The molecule has 0 aliphatic carbocycles. The number of carboxylic acids is 1. The fourth-order valence-electron chi connectivity index (χ4n) is 4.06. The molecule has 182 valence electrons. The number of hydrogen-bond donors (Lipinski definition) is 1. The van der Waals surface area contributed by atoms with Crippen LogP contribution in [0.15, 0.2) is 72.8 Å². The molecule has 4 rings (SSSR count). The number of aromatic nitrogens is 2. The third-order valence-electron chi connectivity index (χ3n) is 6.02. The number of ether oxygens (including phenoxy) is 2. The van der Waals surface area contributed by atoms with Crippen molar-refractivity contribution in [1.82, 2.24) is 15.1 Å². The topological polar surface area (TPSA) is 84.8 Å². The lowest BCUT2D eigenvalue weighted by Gasteiger charge is -2.26. The Morgan fingerprint density at radius 1 is 1.03 bits per heavy atom. The van der Waals surface area contributed by atoms with Crippen LogP contribution in [0.25, 0.3) is 16.8 Å². The summed E-state index contributed by atoms with van der Waals surface area (Å²) in [6.45, 7) is 5.39. The Hall–Kier alpha value is -3.55. The predicted octanol–water partition coefficient (Wildman–Crippen LogP) is 4.34. The molecule has 7 heteroatoms. The van der Waals surface area contributed by atoms with Gasteiger partial charge in [-0.25, -0.2) is 4.79 Å². The van der Waals surface area contributed by atoms with Crippen molar-refractivity contribution in [3.05, 3.63) is 84.1 Å². The molecule has 2 aromatic carbocycles. The second kappa shape index (κ2) is 12.2. The Balaban J connectivity index is 1.22. The van der Waals surface area contributed by atoms with Crippen molar-refractivity contribution in [2.24, 2.45) is 0 Å². The summed E-state index contributed by atoms with van der Waals surface area (Å²) in [7, 11) is 0. The quantitative estimate of drug-likeness (QED) is 0.443. The van der Waals surface area contributed by atoms with Crippen LogP contribution in [0.1, 0.15) is 24.6 Å². The highest BCUT2D eigenvalue weighted by Crippen LogP contribution is 2.22. The first kappa shape index (κ1) is 24.6. The number of hydrogen-bond acceptors (Lipinski definition) is 6. The van der Waals surface area contributed by atoms with Crippen LogP contribution in [0.3, 0.4) is 0 Å². The molecule has 0 fully saturated rings. The molecule has 7 nitrogen and oxygen atoms in total. The molecular weight excluding hydrogens is 442 g/mol. The zero-order valence-corrected chi connectivity index (χ0v) is 20.0. The minimum atomic E-state index is -0.942. The summed E-state index contributed by atoms with van der Waals surface area (Å²) in [5.41, 5.74) is 5.03. The third kappa shape index (κ3) is 6.97. The minimum absolute atomic E-state index is 0.339. The molecule has 1 unspecified atom stereocenters. The van der Waals surface area contributed by atoms with Gasteiger partial charge >= 0.3 is 5.97 Å². The van der Waals surface area contributed by atoms with Gasteiger partial charge < -0.3 is 14.6 Å². The van der Waals surface area contributed by atoms with Crippen molar-refractivity contribution in [3.8, 4) is 17.0 Å². The van der Waals surface area contributed by atoms with E-state index in [2.05, 4.69) is 27.2 Å². The van der Waals surface area contributed by atoms with Crippen LogP contribution < -0.4 is 4.74 Å². The fraction of sp³-hybridized carbons (Fsp3) is 0.321. The first-order valence-corrected chi connectivity index (χ1v) is 12.0. The number of rotatable bonds is 11. The molecule has 35 heavy (non-hydrogen) atoms. The lowest BCUT2D eigenvalue weighted by atomic mass is 10.0. The number of aliphatic carboxylic acids is 1. The van der Waals surface area contributed by atoms with Gasteiger partial charge in [0, 0.05) is 38.2 Å². The van der Waals surface area contributed by atoms with Gasteiger partial charge in [0.15, 0.2) is 6.10 Å². The van der Waals surface area contributed by atoms with Crippen LogP contribution in [0.4, 0.5) is 0 Å². The zero-order valence-electron chi connectivity index (χ0n) is 20.0. The molecule has 0 saturated carbocycles. The van der Waals surface area contributed by atoms with Crippen molar-refractivity contribution in [3.63, 3.8) is 0 Å². The maximum Gasteiger partial charge on any atom is 0.333 e. The first-order valence-electron chi connectivity index (χ1n) is 12.0. The average molecular weight is 474 g/mol. The van der Waals surface area contributed by atoms with Crippen LogP contribution in [0.2, 0.25) is 0 Å². The van der Waals surface area contributed by atoms with Crippen molar-refractivity contribution in [1.29, 1.82) is 0 Å². The maximum atomic E-state index is 11.3. The highest BCUT2D eigenvalue weighted by molar-refractivity contribution is 5.72. The first-order chi connectivity index (χ1) is 17.1. The molecule has 1 atom stereocenters. The minimum Gasteiger partial charge on any atom is -0.492 e. The molecule has 0 saturated heterocycles. The van der Waals surface area contributed by atoms with Gasteiger partial charge in [-0.3, -0.25) is 4.90 Å². The van der Waals surface area contributed by atoms with Crippen LogP contribution >= 0.6 is 0 Å². The Morgan fingerprint density at radius 3 is 2.40 bits per heavy atom. The molecule has 0 bridgehead atoms. The summed E-state index contributed by atoms with van der Waals surface area (Å²) in [5.74, 6) is -0.166. The van der Waals surface area contributed by atoms with E-state index in [1.807, 2.05) is 60.7 Å². The number of carbonyl (C=O) groups is 1. The molecular formula is C28H31N3O4. The smallest absolute Gasteiger partial charge is 0.333 e. The van der Waals surface area contributed by atoms with Gasteiger partial charge in [0.2, 0.25) is 0 Å². The highest BCUT2D eigenvalue weighted by Gasteiger charge is 2.18. The molecule has 1 aliphatic rings. The molecule has 3 aromatic rings. The lowest BCUT2D eigenvalue weighted by Crippen LogP contribution is -2.32. The summed E-state index contributed by atoms with van der Waals surface area (Å²) in [6.07, 6.45) is 2.67. The average Bonchev–Trinajstić information content (AvgIpc) is 2.90. The molecule has 0 amide bonds. The Kier molecular flexibility index (Phi) is 8.59. The summed E-state index contributed by atoms with van der Waals surface area (Å²) >= 11 is 0. The van der Waals surface area contributed by atoms with Gasteiger partial charge in [-0.1, -0.05) is 48.5 Å². The van der Waals surface area contributed by atoms with E-state index in [1.54, 1.807) is 6.92 Å². The maximum absolute atomic E-state index is 11.3. The molecule has 1 aliphatic heterocycles. The van der Waals surface area contributed by atoms with E-state index < -0.39 is 12.1 Å². The Morgan fingerprint density at radius 2 is 1.77 bits per heavy atom. The van der Waals surface area contributed by atoms with Gasteiger partial charge in [-0.15, -0.1) is 5.10 Å².